The van der Waals surface area contributed by atoms with Gasteiger partial charge in [-0.05, 0) is 42.1 Å². The summed E-state index contributed by atoms with van der Waals surface area (Å²) in [5, 5.41) is 0.714. The molecule has 31 heavy (non-hydrogen) atoms. The summed E-state index contributed by atoms with van der Waals surface area (Å²) in [6.45, 7) is 7.47. The van der Waals surface area contributed by atoms with Gasteiger partial charge in [0.15, 0.2) is 5.78 Å². The number of fused-ring (bicyclic) bond motifs is 4. The van der Waals surface area contributed by atoms with Crippen molar-refractivity contribution >= 4 is 33.5 Å². The van der Waals surface area contributed by atoms with Crippen LogP contribution in [-0.4, -0.2) is 31.4 Å². The fraction of sp³-hybridized carbons (Fsp3) is 0.238. The first-order valence-corrected chi connectivity index (χ1v) is 10.5. The summed E-state index contributed by atoms with van der Waals surface area (Å²) in [5.41, 5.74) is -3.09. The maximum atomic E-state index is 13.2. The molecule has 2 aromatic carbocycles. The summed E-state index contributed by atoms with van der Waals surface area (Å²) in [5.74, 6) is -0.828. The van der Waals surface area contributed by atoms with E-state index >= 15 is 0 Å². The number of aliphatic imine (C=N–C) groups is 1. The Bertz CT molecular complexity index is 1350. The van der Waals surface area contributed by atoms with Gasteiger partial charge in [-0.15, -0.1) is 0 Å². The number of nitrogens with one attached hydrogen (secondary N) is 1. The Morgan fingerprint density at radius 3 is 2.52 bits per heavy atom. The van der Waals surface area contributed by atoms with E-state index in [1.165, 1.54) is 6.07 Å². The van der Waals surface area contributed by atoms with Crippen molar-refractivity contribution in [2.75, 3.05) is 0 Å². The molecule has 10 heteroatoms. The average Bonchev–Trinajstić information content (AvgIpc) is 3.05. The van der Waals surface area contributed by atoms with Gasteiger partial charge in [0.1, 0.15) is 5.75 Å². The van der Waals surface area contributed by atoms with E-state index in [9.17, 15) is 26.4 Å². The van der Waals surface area contributed by atoms with Crippen molar-refractivity contribution in [1.82, 2.24) is 4.98 Å². The number of H-pyrrole nitrogens is 1. The predicted molar refractivity (Wildman–Crippen MR) is 109 cm³/mol. The van der Waals surface area contributed by atoms with Gasteiger partial charge in [0.2, 0.25) is 0 Å². The van der Waals surface area contributed by atoms with Crippen LogP contribution in [0.15, 0.2) is 41.4 Å². The molecule has 1 aliphatic carbocycles. The first kappa shape index (κ1) is 21.1. The van der Waals surface area contributed by atoms with Crippen molar-refractivity contribution in [3.63, 3.8) is 0 Å². The van der Waals surface area contributed by atoms with Gasteiger partial charge in [-0.3, -0.25) is 9.79 Å². The number of ketones is 1. The second-order valence-electron chi connectivity index (χ2n) is 7.78. The molecule has 6 nitrogen and oxygen atoms in total. The number of halogens is 3. The van der Waals surface area contributed by atoms with E-state index < -0.39 is 26.8 Å². The van der Waals surface area contributed by atoms with Crippen LogP contribution in [0.25, 0.3) is 10.9 Å². The zero-order valence-electron chi connectivity index (χ0n) is 16.5. The van der Waals surface area contributed by atoms with Crippen molar-refractivity contribution in [3.8, 4) is 5.75 Å². The third-order valence-corrected chi connectivity index (χ3v) is 6.39. The zero-order chi connectivity index (χ0) is 22.8. The smallest absolute Gasteiger partial charge is 0.376 e. The Kier molecular flexibility index (Phi) is 4.55. The lowest BCUT2D eigenvalue weighted by molar-refractivity contribution is -0.0500. The summed E-state index contributed by atoms with van der Waals surface area (Å²) in [6.07, 6.45) is 0. The third kappa shape index (κ3) is 3.21. The van der Waals surface area contributed by atoms with Gasteiger partial charge in [0, 0.05) is 27.6 Å². The van der Waals surface area contributed by atoms with Crippen molar-refractivity contribution in [2.45, 2.75) is 31.3 Å². The highest BCUT2D eigenvalue weighted by atomic mass is 32.2. The Labute approximate surface area is 175 Å². The minimum atomic E-state index is -5.83. The van der Waals surface area contributed by atoms with Crippen LogP contribution in [0.4, 0.5) is 13.2 Å². The highest BCUT2D eigenvalue weighted by molar-refractivity contribution is 7.88. The molecule has 0 amide bonds. The molecule has 0 spiro atoms. The summed E-state index contributed by atoms with van der Waals surface area (Å²) in [7, 11) is -5.83. The van der Waals surface area contributed by atoms with Crippen molar-refractivity contribution in [1.29, 1.82) is 0 Å². The number of hydrogen-bond acceptors (Lipinski definition) is 5. The first-order valence-electron chi connectivity index (χ1n) is 9.14. The molecule has 1 heterocycles. The molecular weight excluding hydrogens is 433 g/mol. The number of alkyl halides is 3. The van der Waals surface area contributed by atoms with Crippen molar-refractivity contribution in [2.24, 2.45) is 4.99 Å². The Balaban J connectivity index is 1.86. The molecule has 1 aliphatic rings. The number of carbonyl (C=O) groups excluding carboxylic acids is 1. The minimum absolute atomic E-state index is 0.270. The molecule has 0 saturated heterocycles. The van der Waals surface area contributed by atoms with E-state index in [1.807, 2.05) is 18.2 Å². The first-order chi connectivity index (χ1) is 14.4. The number of carbonyl (C=O) groups is 1. The lowest BCUT2D eigenvalue weighted by atomic mass is 9.71. The number of hydrogen-bond donors (Lipinski definition) is 1. The molecule has 0 fully saturated rings. The van der Waals surface area contributed by atoms with Crippen LogP contribution in [0.1, 0.15) is 46.6 Å². The highest BCUT2D eigenvalue weighted by Crippen LogP contribution is 2.45. The number of rotatable bonds is 4. The van der Waals surface area contributed by atoms with Crippen molar-refractivity contribution in [3.05, 3.63) is 64.3 Å². The van der Waals surface area contributed by atoms with Crippen LogP contribution in [0.3, 0.4) is 0 Å². The number of aromatic nitrogens is 1. The van der Waals surface area contributed by atoms with E-state index in [2.05, 4.69) is 20.9 Å². The standard InChI is InChI=1S/C21H17F3N2O4S/c1-20(2)15-9-12(30-31(28,29)21(22,23)24)5-7-13(15)18(27)17-14-6-4-11(10-25-3)8-16(14)26-19(17)20/h4-9,26H,3,10H2,1-2H3. The topological polar surface area (TPSA) is 88.6 Å². The molecule has 0 unspecified atom stereocenters. The molecule has 4 rings (SSSR count). The van der Waals surface area contributed by atoms with Gasteiger partial charge < -0.3 is 9.17 Å². The van der Waals surface area contributed by atoms with E-state index in [0.29, 0.717) is 28.8 Å². The molecule has 162 valence electrons. The van der Waals surface area contributed by atoms with Crippen molar-refractivity contribution < 1.29 is 30.6 Å². The second-order valence-corrected chi connectivity index (χ2v) is 9.32. The molecular formula is C21H17F3N2O4S. The largest absolute Gasteiger partial charge is 0.534 e. The number of aromatic amines is 1. The predicted octanol–water partition coefficient (Wildman–Crippen LogP) is 4.47. The Hall–Kier alpha value is -3.14. The van der Waals surface area contributed by atoms with Crippen LogP contribution in [0.2, 0.25) is 0 Å². The second kappa shape index (κ2) is 6.68. The van der Waals surface area contributed by atoms with Crippen LogP contribution in [0, 0.1) is 0 Å². The quantitative estimate of drug-likeness (QED) is 0.361. The molecule has 0 aliphatic heterocycles. The number of benzene rings is 2. The molecule has 0 atom stereocenters. The van der Waals surface area contributed by atoms with E-state index in [4.69, 9.17) is 0 Å². The molecule has 1 aromatic heterocycles. The molecule has 0 radical (unpaired) electrons. The normalized spacial score (nSPS) is 15.5. The SMILES string of the molecule is C=NCc1ccc2c3c([nH]c2c1)C(C)(C)c1cc(OS(=O)(=O)C(F)(F)F)ccc1C3=O. The van der Waals surface area contributed by atoms with E-state index in [-0.39, 0.29) is 11.3 Å². The summed E-state index contributed by atoms with van der Waals surface area (Å²) in [4.78, 5) is 20.3. The lowest BCUT2D eigenvalue weighted by Crippen LogP contribution is -2.31. The maximum absolute atomic E-state index is 13.2. The van der Waals surface area contributed by atoms with Gasteiger partial charge in [0.25, 0.3) is 0 Å². The van der Waals surface area contributed by atoms with Gasteiger partial charge in [0.05, 0.1) is 12.1 Å². The van der Waals surface area contributed by atoms with Crippen LogP contribution >= 0.6 is 0 Å². The summed E-state index contributed by atoms with van der Waals surface area (Å²) in [6, 6.07) is 9.03. The summed E-state index contributed by atoms with van der Waals surface area (Å²) >= 11 is 0. The maximum Gasteiger partial charge on any atom is 0.534 e. The molecule has 1 N–H and O–H groups in total. The van der Waals surface area contributed by atoms with Crippen LogP contribution < -0.4 is 4.18 Å². The van der Waals surface area contributed by atoms with Gasteiger partial charge in [-0.2, -0.15) is 21.6 Å². The number of nitrogens with zero attached hydrogens (tertiary/aromatic N) is 1. The average molecular weight is 450 g/mol. The van der Waals surface area contributed by atoms with Crippen LogP contribution in [0.5, 0.6) is 5.75 Å². The minimum Gasteiger partial charge on any atom is -0.376 e. The molecule has 0 bridgehead atoms. The monoisotopic (exact) mass is 450 g/mol. The lowest BCUT2D eigenvalue weighted by Gasteiger charge is -2.32. The van der Waals surface area contributed by atoms with Gasteiger partial charge >= 0.3 is 15.6 Å². The van der Waals surface area contributed by atoms with Crippen LogP contribution in [-0.2, 0) is 22.1 Å². The van der Waals surface area contributed by atoms with Gasteiger partial charge in [-0.25, -0.2) is 0 Å². The Morgan fingerprint density at radius 2 is 1.87 bits per heavy atom. The Morgan fingerprint density at radius 1 is 1.16 bits per heavy atom. The zero-order valence-corrected chi connectivity index (χ0v) is 17.3. The fourth-order valence-corrected chi connectivity index (χ4v) is 4.36. The third-order valence-electron chi connectivity index (χ3n) is 5.41. The summed E-state index contributed by atoms with van der Waals surface area (Å²) < 4.78 is 65.1. The van der Waals surface area contributed by atoms with E-state index in [0.717, 1.165) is 23.2 Å². The van der Waals surface area contributed by atoms with E-state index in [1.54, 1.807) is 13.8 Å². The fourth-order valence-electron chi connectivity index (χ4n) is 3.91. The molecule has 3 aromatic rings. The van der Waals surface area contributed by atoms with Gasteiger partial charge in [-0.1, -0.05) is 26.0 Å². The highest BCUT2D eigenvalue weighted by Gasteiger charge is 2.49. The molecule has 0 saturated carbocycles.